The van der Waals surface area contributed by atoms with Crippen LogP contribution in [0.15, 0.2) is 29.6 Å². The minimum Gasteiger partial charge on any atom is -0.494 e. The highest BCUT2D eigenvalue weighted by molar-refractivity contribution is 8.00. The first kappa shape index (κ1) is 17.3. The molecule has 0 aliphatic heterocycles. The normalized spacial score (nSPS) is 10.1. The number of benzene rings is 1. The summed E-state index contributed by atoms with van der Waals surface area (Å²) in [5.74, 6) is 1.26. The van der Waals surface area contributed by atoms with Gasteiger partial charge in [0, 0.05) is 10.9 Å². The van der Waals surface area contributed by atoms with Crippen LogP contribution in [0.5, 0.6) is 5.75 Å². The molecular weight excluding hydrogens is 330 g/mol. The van der Waals surface area contributed by atoms with Crippen LogP contribution in [-0.2, 0) is 4.79 Å². The van der Waals surface area contributed by atoms with Crippen LogP contribution in [0.1, 0.15) is 13.3 Å². The average molecular weight is 347 g/mol. The second kappa shape index (κ2) is 9.18. The number of anilines is 1. The number of thioether (sulfide) groups is 1. The first-order valence-electron chi connectivity index (χ1n) is 7.16. The molecule has 0 bridgehead atoms. The number of thiazole rings is 1. The van der Waals surface area contributed by atoms with Gasteiger partial charge in [-0.1, -0.05) is 6.92 Å². The van der Waals surface area contributed by atoms with Crippen LogP contribution >= 0.6 is 23.1 Å². The number of nitriles is 1. The summed E-state index contributed by atoms with van der Waals surface area (Å²) in [6.45, 7) is 2.77. The van der Waals surface area contributed by atoms with Crippen LogP contribution in [0, 0.1) is 11.3 Å². The molecule has 1 aromatic heterocycles. The number of nitrogens with zero attached hydrogens (tertiary/aromatic N) is 2. The molecule has 0 aliphatic rings. The molecule has 1 aromatic carbocycles. The van der Waals surface area contributed by atoms with Crippen LogP contribution in [0.25, 0.3) is 11.3 Å². The van der Waals surface area contributed by atoms with Crippen molar-refractivity contribution in [1.29, 1.82) is 5.26 Å². The molecule has 0 atom stereocenters. The molecule has 1 N–H and O–H groups in total. The highest BCUT2D eigenvalue weighted by Crippen LogP contribution is 2.26. The van der Waals surface area contributed by atoms with E-state index < -0.39 is 0 Å². The zero-order valence-electron chi connectivity index (χ0n) is 12.7. The minimum atomic E-state index is -0.144. The van der Waals surface area contributed by atoms with Crippen molar-refractivity contribution in [2.45, 2.75) is 13.3 Å². The Balaban J connectivity index is 1.93. The Morgan fingerprint density at radius 3 is 2.91 bits per heavy atom. The zero-order valence-corrected chi connectivity index (χ0v) is 14.4. The number of carbonyl (C=O) groups excluding carboxylic acids is 1. The summed E-state index contributed by atoms with van der Waals surface area (Å²) in [6.07, 6.45) is 0.976. The smallest absolute Gasteiger partial charge is 0.236 e. The lowest BCUT2D eigenvalue weighted by atomic mass is 10.2. The molecule has 0 unspecified atom stereocenters. The number of ether oxygens (including phenoxy) is 1. The van der Waals surface area contributed by atoms with Crippen molar-refractivity contribution in [1.82, 2.24) is 4.98 Å². The van der Waals surface area contributed by atoms with E-state index in [0.717, 1.165) is 23.4 Å². The van der Waals surface area contributed by atoms with E-state index in [1.807, 2.05) is 35.7 Å². The first-order chi connectivity index (χ1) is 11.2. The van der Waals surface area contributed by atoms with E-state index >= 15 is 0 Å². The summed E-state index contributed by atoms with van der Waals surface area (Å²) in [4.78, 5) is 16.1. The minimum absolute atomic E-state index is 0.144. The topological polar surface area (TPSA) is 75.0 Å². The Kier molecular flexibility index (Phi) is 6.91. The highest BCUT2D eigenvalue weighted by Gasteiger charge is 2.08. The fourth-order valence-corrected chi connectivity index (χ4v) is 2.94. The molecule has 0 saturated heterocycles. The number of rotatable bonds is 8. The lowest BCUT2D eigenvalue weighted by molar-refractivity contribution is -0.113. The third-order valence-electron chi connectivity index (χ3n) is 2.77. The second-order valence-electron chi connectivity index (χ2n) is 4.61. The fraction of sp³-hybridized carbons (Fsp3) is 0.312. The largest absolute Gasteiger partial charge is 0.494 e. The molecule has 2 rings (SSSR count). The van der Waals surface area contributed by atoms with Gasteiger partial charge in [-0.3, -0.25) is 4.79 Å². The summed E-state index contributed by atoms with van der Waals surface area (Å²) in [7, 11) is 0. The van der Waals surface area contributed by atoms with Crippen molar-refractivity contribution in [2.75, 3.05) is 23.4 Å². The van der Waals surface area contributed by atoms with Gasteiger partial charge in [-0.15, -0.1) is 23.1 Å². The summed E-state index contributed by atoms with van der Waals surface area (Å²) < 4.78 is 5.55. The molecule has 120 valence electrons. The summed E-state index contributed by atoms with van der Waals surface area (Å²) >= 11 is 2.66. The summed E-state index contributed by atoms with van der Waals surface area (Å²) in [5, 5.41) is 13.7. The maximum absolute atomic E-state index is 11.7. The molecule has 1 heterocycles. The molecule has 0 fully saturated rings. The van der Waals surface area contributed by atoms with Crippen molar-refractivity contribution >= 4 is 34.1 Å². The zero-order chi connectivity index (χ0) is 16.5. The van der Waals surface area contributed by atoms with Crippen molar-refractivity contribution < 1.29 is 9.53 Å². The number of hydrogen-bond donors (Lipinski definition) is 1. The Hall–Kier alpha value is -2.04. The van der Waals surface area contributed by atoms with Crippen molar-refractivity contribution in [2.24, 2.45) is 0 Å². The highest BCUT2D eigenvalue weighted by atomic mass is 32.2. The number of aromatic nitrogens is 1. The van der Waals surface area contributed by atoms with Gasteiger partial charge in [0.25, 0.3) is 0 Å². The van der Waals surface area contributed by atoms with Gasteiger partial charge in [0.2, 0.25) is 5.91 Å². The number of amides is 1. The van der Waals surface area contributed by atoms with Gasteiger partial charge < -0.3 is 10.1 Å². The standard InChI is InChI=1S/C16H17N3O2S2/c1-2-8-21-13-5-3-12(4-6-13)14-10-23-16(18-14)19-15(20)11-22-9-7-17/h3-6,10H,2,8-9,11H2,1H3,(H,18,19,20). The van der Waals surface area contributed by atoms with E-state index in [4.69, 9.17) is 10.00 Å². The monoisotopic (exact) mass is 347 g/mol. The maximum atomic E-state index is 11.7. The van der Waals surface area contributed by atoms with Crippen LogP contribution in [0.4, 0.5) is 5.13 Å². The molecule has 1 amide bonds. The van der Waals surface area contributed by atoms with E-state index in [9.17, 15) is 4.79 Å². The SMILES string of the molecule is CCCOc1ccc(-c2csc(NC(=O)CSCC#N)n2)cc1. The lowest BCUT2D eigenvalue weighted by Gasteiger charge is -2.04. The second-order valence-corrected chi connectivity index (χ2v) is 6.45. The van der Waals surface area contributed by atoms with E-state index in [1.54, 1.807) is 0 Å². The van der Waals surface area contributed by atoms with Gasteiger partial charge in [0.05, 0.1) is 29.9 Å². The van der Waals surface area contributed by atoms with Crippen molar-refractivity contribution in [3.8, 4) is 23.1 Å². The van der Waals surface area contributed by atoms with Crippen LogP contribution in [-0.4, -0.2) is 29.0 Å². The van der Waals surface area contributed by atoms with Gasteiger partial charge in [-0.25, -0.2) is 4.98 Å². The van der Waals surface area contributed by atoms with Crippen LogP contribution in [0.2, 0.25) is 0 Å². The average Bonchev–Trinajstić information content (AvgIpc) is 3.02. The first-order valence-corrected chi connectivity index (χ1v) is 9.19. The number of carbonyl (C=O) groups is 1. The third-order valence-corrected chi connectivity index (χ3v) is 4.33. The van der Waals surface area contributed by atoms with Gasteiger partial charge in [0.1, 0.15) is 5.75 Å². The number of nitrogens with one attached hydrogen (secondary N) is 1. The van der Waals surface area contributed by atoms with Crippen molar-refractivity contribution in [3.63, 3.8) is 0 Å². The van der Waals surface area contributed by atoms with Gasteiger partial charge in [-0.05, 0) is 30.7 Å². The Bertz CT molecular complexity index is 677. The van der Waals surface area contributed by atoms with E-state index in [1.165, 1.54) is 23.1 Å². The maximum Gasteiger partial charge on any atom is 0.236 e. The van der Waals surface area contributed by atoms with Crippen LogP contribution in [0.3, 0.4) is 0 Å². The molecule has 0 saturated carbocycles. The summed E-state index contributed by atoms with van der Waals surface area (Å²) in [5.41, 5.74) is 1.79. The quantitative estimate of drug-likeness (QED) is 0.735. The Labute approximate surface area is 143 Å². The van der Waals surface area contributed by atoms with E-state index in [-0.39, 0.29) is 11.7 Å². The van der Waals surface area contributed by atoms with E-state index in [2.05, 4.69) is 17.2 Å². The molecule has 0 radical (unpaired) electrons. The predicted octanol–water partition coefficient (Wildman–Crippen LogP) is 3.79. The molecule has 7 heteroatoms. The number of hydrogen-bond acceptors (Lipinski definition) is 6. The molecule has 2 aromatic rings. The van der Waals surface area contributed by atoms with Gasteiger partial charge in [0.15, 0.2) is 5.13 Å². The van der Waals surface area contributed by atoms with Gasteiger partial charge >= 0.3 is 0 Å². The fourth-order valence-electron chi connectivity index (χ4n) is 1.75. The predicted molar refractivity (Wildman–Crippen MR) is 94.9 cm³/mol. The van der Waals surface area contributed by atoms with E-state index in [0.29, 0.717) is 17.5 Å². The molecular formula is C16H17N3O2S2. The third kappa shape index (κ3) is 5.58. The Morgan fingerprint density at radius 2 is 2.22 bits per heavy atom. The lowest BCUT2D eigenvalue weighted by Crippen LogP contribution is -2.14. The van der Waals surface area contributed by atoms with Crippen LogP contribution < -0.4 is 10.1 Å². The summed E-state index contributed by atoms with van der Waals surface area (Å²) in [6, 6.07) is 9.73. The molecule has 23 heavy (non-hydrogen) atoms. The molecule has 0 spiro atoms. The molecule has 0 aliphatic carbocycles. The molecule has 5 nitrogen and oxygen atoms in total. The Morgan fingerprint density at radius 1 is 1.43 bits per heavy atom. The van der Waals surface area contributed by atoms with Gasteiger partial charge in [-0.2, -0.15) is 5.26 Å². The van der Waals surface area contributed by atoms with Crippen molar-refractivity contribution in [3.05, 3.63) is 29.6 Å².